The second-order valence-corrected chi connectivity index (χ2v) is 6.02. The summed E-state index contributed by atoms with van der Waals surface area (Å²) in [7, 11) is 0. The first-order valence-corrected chi connectivity index (χ1v) is 7.99. The van der Waals surface area contributed by atoms with E-state index in [1.807, 2.05) is 0 Å². The van der Waals surface area contributed by atoms with Gasteiger partial charge in [0.1, 0.15) is 0 Å². The zero-order valence-corrected chi connectivity index (χ0v) is 13.7. The molecule has 0 spiro atoms. The predicted octanol–water partition coefficient (Wildman–Crippen LogP) is 3.91. The molecule has 0 saturated heterocycles. The average molecular weight is 256 g/mol. The Morgan fingerprint density at radius 3 is 1.78 bits per heavy atom. The number of rotatable bonds is 11. The van der Waals surface area contributed by atoms with Crippen LogP contribution in [0.2, 0.25) is 0 Å². The van der Waals surface area contributed by atoms with E-state index in [0.717, 1.165) is 6.54 Å². The molecule has 0 atom stereocenters. The molecule has 0 aliphatic rings. The van der Waals surface area contributed by atoms with Crippen molar-refractivity contribution in [1.82, 2.24) is 10.2 Å². The molecule has 2 nitrogen and oxygen atoms in total. The molecule has 0 heterocycles. The number of nitrogens with zero attached hydrogens (tertiary/aromatic N) is 1. The average Bonchev–Trinajstić information content (AvgIpc) is 2.35. The topological polar surface area (TPSA) is 15.3 Å². The van der Waals surface area contributed by atoms with E-state index in [4.69, 9.17) is 0 Å². The molecule has 0 aromatic carbocycles. The molecular weight excluding hydrogens is 220 g/mol. The molecule has 1 N–H and O–H groups in total. The van der Waals surface area contributed by atoms with Gasteiger partial charge in [0.2, 0.25) is 0 Å². The van der Waals surface area contributed by atoms with Crippen LogP contribution in [0.25, 0.3) is 0 Å². The van der Waals surface area contributed by atoms with Crippen LogP contribution in [0.5, 0.6) is 0 Å². The van der Waals surface area contributed by atoms with E-state index in [2.05, 4.69) is 51.8 Å². The summed E-state index contributed by atoms with van der Waals surface area (Å²) < 4.78 is 0. The van der Waals surface area contributed by atoms with Crippen molar-refractivity contribution < 1.29 is 0 Å². The highest BCUT2D eigenvalue weighted by molar-refractivity contribution is 4.83. The van der Waals surface area contributed by atoms with Crippen molar-refractivity contribution in [3.8, 4) is 0 Å². The molecule has 0 unspecified atom stereocenters. The van der Waals surface area contributed by atoms with Crippen LogP contribution in [-0.4, -0.2) is 37.1 Å². The van der Waals surface area contributed by atoms with Crippen LogP contribution < -0.4 is 5.32 Å². The van der Waals surface area contributed by atoms with E-state index in [-0.39, 0.29) is 0 Å². The Morgan fingerprint density at radius 1 is 0.944 bits per heavy atom. The van der Waals surface area contributed by atoms with Gasteiger partial charge in [-0.3, -0.25) is 0 Å². The summed E-state index contributed by atoms with van der Waals surface area (Å²) in [5, 5.41) is 3.65. The van der Waals surface area contributed by atoms with E-state index in [1.54, 1.807) is 0 Å². The second-order valence-electron chi connectivity index (χ2n) is 6.02. The zero-order chi connectivity index (χ0) is 14.0. The third kappa shape index (κ3) is 6.75. The summed E-state index contributed by atoms with van der Waals surface area (Å²) in [6.45, 7) is 18.7. The lowest BCUT2D eigenvalue weighted by Gasteiger charge is -2.38. The molecule has 0 amide bonds. The molecular formula is C16H36N2. The normalized spacial score (nSPS) is 12.7. The third-order valence-corrected chi connectivity index (χ3v) is 4.02. The van der Waals surface area contributed by atoms with Crippen LogP contribution in [-0.2, 0) is 0 Å². The standard InChI is InChI=1S/C16H36N2/c1-7-11-18(12-8-2)14-16(9-3,10-4)13-17-15(5)6/h15,17H,7-14H2,1-6H3. The lowest BCUT2D eigenvalue weighted by molar-refractivity contribution is 0.131. The minimum absolute atomic E-state index is 0.453. The maximum absolute atomic E-state index is 3.65. The maximum atomic E-state index is 3.65. The highest BCUT2D eigenvalue weighted by Gasteiger charge is 2.28. The van der Waals surface area contributed by atoms with E-state index in [9.17, 15) is 0 Å². The van der Waals surface area contributed by atoms with E-state index >= 15 is 0 Å². The Morgan fingerprint density at radius 2 is 1.44 bits per heavy atom. The maximum Gasteiger partial charge on any atom is 0.00499 e. The Kier molecular flexibility index (Phi) is 9.76. The molecule has 0 aromatic heterocycles. The second kappa shape index (κ2) is 9.80. The van der Waals surface area contributed by atoms with Crippen LogP contribution in [0.1, 0.15) is 67.2 Å². The van der Waals surface area contributed by atoms with Gasteiger partial charge < -0.3 is 10.2 Å². The quantitative estimate of drug-likeness (QED) is 0.603. The van der Waals surface area contributed by atoms with Crippen LogP contribution in [0.3, 0.4) is 0 Å². The van der Waals surface area contributed by atoms with Gasteiger partial charge in [-0.1, -0.05) is 41.5 Å². The van der Waals surface area contributed by atoms with Crippen molar-refractivity contribution in [2.24, 2.45) is 5.41 Å². The summed E-state index contributed by atoms with van der Waals surface area (Å²) in [5.74, 6) is 0. The Bertz CT molecular complexity index is 180. The van der Waals surface area contributed by atoms with Crippen LogP contribution in [0.4, 0.5) is 0 Å². The van der Waals surface area contributed by atoms with Crippen LogP contribution >= 0.6 is 0 Å². The van der Waals surface area contributed by atoms with Crippen molar-refractivity contribution >= 4 is 0 Å². The number of hydrogen-bond acceptors (Lipinski definition) is 2. The van der Waals surface area contributed by atoms with Gasteiger partial charge in [-0.15, -0.1) is 0 Å². The summed E-state index contributed by atoms with van der Waals surface area (Å²) >= 11 is 0. The summed E-state index contributed by atoms with van der Waals surface area (Å²) in [6.07, 6.45) is 5.07. The Labute approximate surface area is 116 Å². The van der Waals surface area contributed by atoms with E-state index in [0.29, 0.717) is 11.5 Å². The molecule has 2 heteroatoms. The molecule has 0 bridgehead atoms. The van der Waals surface area contributed by atoms with Gasteiger partial charge in [0.15, 0.2) is 0 Å². The van der Waals surface area contributed by atoms with Gasteiger partial charge in [0, 0.05) is 19.1 Å². The first kappa shape index (κ1) is 17.9. The molecule has 0 radical (unpaired) electrons. The molecule has 110 valence electrons. The monoisotopic (exact) mass is 256 g/mol. The molecule has 0 aliphatic heterocycles. The van der Waals surface area contributed by atoms with Gasteiger partial charge in [0.25, 0.3) is 0 Å². The molecule has 0 saturated carbocycles. The SMILES string of the molecule is CCCN(CCC)CC(CC)(CC)CNC(C)C. The molecule has 0 rings (SSSR count). The summed E-state index contributed by atoms with van der Waals surface area (Å²) in [4.78, 5) is 2.66. The van der Waals surface area contributed by atoms with E-state index < -0.39 is 0 Å². The third-order valence-electron chi connectivity index (χ3n) is 4.02. The summed E-state index contributed by atoms with van der Waals surface area (Å²) in [5.41, 5.74) is 0.453. The minimum atomic E-state index is 0.453. The smallest absolute Gasteiger partial charge is 0.00499 e. The number of hydrogen-bond donors (Lipinski definition) is 1. The molecule has 0 fully saturated rings. The Hall–Kier alpha value is -0.0800. The van der Waals surface area contributed by atoms with Crippen molar-refractivity contribution in [2.75, 3.05) is 26.2 Å². The Balaban J connectivity index is 4.53. The first-order valence-electron chi connectivity index (χ1n) is 7.99. The summed E-state index contributed by atoms with van der Waals surface area (Å²) in [6, 6.07) is 0.591. The van der Waals surface area contributed by atoms with Crippen molar-refractivity contribution in [3.63, 3.8) is 0 Å². The fourth-order valence-electron chi connectivity index (χ4n) is 2.58. The van der Waals surface area contributed by atoms with Gasteiger partial charge in [0.05, 0.1) is 0 Å². The first-order chi connectivity index (χ1) is 8.53. The van der Waals surface area contributed by atoms with Crippen molar-refractivity contribution in [3.05, 3.63) is 0 Å². The van der Waals surface area contributed by atoms with Crippen molar-refractivity contribution in [1.29, 1.82) is 0 Å². The van der Waals surface area contributed by atoms with Crippen molar-refractivity contribution in [2.45, 2.75) is 73.3 Å². The van der Waals surface area contributed by atoms with Gasteiger partial charge >= 0.3 is 0 Å². The minimum Gasteiger partial charge on any atom is -0.314 e. The zero-order valence-electron chi connectivity index (χ0n) is 13.7. The predicted molar refractivity (Wildman–Crippen MR) is 83.2 cm³/mol. The van der Waals surface area contributed by atoms with E-state index in [1.165, 1.54) is 45.3 Å². The largest absolute Gasteiger partial charge is 0.314 e. The molecule has 18 heavy (non-hydrogen) atoms. The lowest BCUT2D eigenvalue weighted by atomic mass is 9.81. The van der Waals surface area contributed by atoms with Crippen LogP contribution in [0.15, 0.2) is 0 Å². The van der Waals surface area contributed by atoms with Gasteiger partial charge in [-0.05, 0) is 44.2 Å². The van der Waals surface area contributed by atoms with Crippen LogP contribution in [0, 0.1) is 5.41 Å². The van der Waals surface area contributed by atoms with Gasteiger partial charge in [-0.2, -0.15) is 0 Å². The molecule has 0 aromatic rings. The highest BCUT2D eigenvalue weighted by atomic mass is 15.1. The number of nitrogens with one attached hydrogen (secondary N) is 1. The fraction of sp³-hybridized carbons (Fsp3) is 1.00. The fourth-order valence-corrected chi connectivity index (χ4v) is 2.58. The molecule has 0 aliphatic carbocycles. The highest BCUT2D eigenvalue weighted by Crippen LogP contribution is 2.27. The lowest BCUT2D eigenvalue weighted by Crippen LogP contribution is -2.45. The van der Waals surface area contributed by atoms with Gasteiger partial charge in [-0.25, -0.2) is 0 Å².